The van der Waals surface area contributed by atoms with Crippen LogP contribution in [0.5, 0.6) is 0 Å². The number of anilines is 2. The maximum atomic E-state index is 13.0. The molecule has 0 aliphatic rings. The summed E-state index contributed by atoms with van der Waals surface area (Å²) in [7, 11) is 1.80. The van der Waals surface area contributed by atoms with Gasteiger partial charge in [-0.25, -0.2) is 0 Å². The summed E-state index contributed by atoms with van der Waals surface area (Å²) in [5.74, 6) is -0.820. The van der Waals surface area contributed by atoms with E-state index in [1.807, 2.05) is 4.90 Å². The Labute approximate surface area is 137 Å². The Bertz CT molecular complexity index is 700. The third-order valence-corrected chi connectivity index (χ3v) is 3.48. The standard InChI is InChI=1S/C17H17F3N2O2/c1-22(10-11-23)13-8-6-12(7-9-13)21-16(24)14-4-2-3-5-15(14)17(18,19)20/h2-9,23H,10-11H2,1H3,(H,21,24). The maximum Gasteiger partial charge on any atom is 0.417 e. The molecular formula is C17H17F3N2O2. The quantitative estimate of drug-likeness (QED) is 0.879. The van der Waals surface area contributed by atoms with Crippen molar-refractivity contribution >= 4 is 17.3 Å². The Hall–Kier alpha value is -2.54. The number of carbonyl (C=O) groups is 1. The molecule has 2 rings (SSSR count). The topological polar surface area (TPSA) is 52.6 Å². The van der Waals surface area contributed by atoms with Crippen LogP contribution in [0.3, 0.4) is 0 Å². The van der Waals surface area contributed by atoms with Crippen LogP contribution < -0.4 is 10.2 Å². The van der Waals surface area contributed by atoms with E-state index in [0.29, 0.717) is 12.2 Å². The summed E-state index contributed by atoms with van der Waals surface area (Å²) < 4.78 is 38.9. The first-order valence-electron chi connectivity index (χ1n) is 7.22. The van der Waals surface area contributed by atoms with Gasteiger partial charge in [0.15, 0.2) is 0 Å². The maximum absolute atomic E-state index is 13.0. The fourth-order valence-electron chi connectivity index (χ4n) is 2.21. The number of aliphatic hydroxyl groups is 1. The van der Waals surface area contributed by atoms with E-state index in [0.717, 1.165) is 17.8 Å². The second-order valence-electron chi connectivity index (χ2n) is 5.19. The van der Waals surface area contributed by atoms with Crippen molar-refractivity contribution in [3.63, 3.8) is 0 Å². The van der Waals surface area contributed by atoms with Crippen LogP contribution >= 0.6 is 0 Å². The smallest absolute Gasteiger partial charge is 0.395 e. The lowest BCUT2D eigenvalue weighted by Gasteiger charge is -2.18. The molecule has 0 aliphatic heterocycles. The molecule has 2 N–H and O–H groups in total. The Morgan fingerprint density at radius 2 is 1.75 bits per heavy atom. The fourth-order valence-corrected chi connectivity index (χ4v) is 2.21. The summed E-state index contributed by atoms with van der Waals surface area (Å²) >= 11 is 0. The van der Waals surface area contributed by atoms with E-state index in [1.165, 1.54) is 12.1 Å². The molecule has 0 radical (unpaired) electrons. The number of nitrogens with one attached hydrogen (secondary N) is 1. The summed E-state index contributed by atoms with van der Waals surface area (Å²) in [5.41, 5.74) is -0.191. The third-order valence-electron chi connectivity index (χ3n) is 3.48. The van der Waals surface area contributed by atoms with Crippen LogP contribution in [0.4, 0.5) is 24.5 Å². The van der Waals surface area contributed by atoms with Crippen LogP contribution in [0.1, 0.15) is 15.9 Å². The number of carbonyl (C=O) groups excluding carboxylic acids is 1. The summed E-state index contributed by atoms with van der Waals surface area (Å²) in [5, 5.41) is 11.4. The second kappa shape index (κ2) is 7.35. The fraction of sp³-hybridized carbons (Fsp3) is 0.235. The number of hydrogen-bond acceptors (Lipinski definition) is 3. The lowest BCUT2D eigenvalue weighted by Crippen LogP contribution is -2.21. The number of rotatable bonds is 5. The average Bonchev–Trinajstić information content (AvgIpc) is 2.55. The van der Waals surface area contributed by atoms with E-state index < -0.39 is 23.2 Å². The van der Waals surface area contributed by atoms with Gasteiger partial charge in [-0.15, -0.1) is 0 Å². The highest BCUT2D eigenvalue weighted by Gasteiger charge is 2.34. The molecule has 1 amide bonds. The highest BCUT2D eigenvalue weighted by atomic mass is 19.4. The number of halogens is 3. The summed E-state index contributed by atoms with van der Waals surface area (Å²) in [4.78, 5) is 14.0. The Balaban J connectivity index is 2.16. The molecule has 24 heavy (non-hydrogen) atoms. The van der Waals surface area contributed by atoms with Gasteiger partial charge in [0.1, 0.15) is 0 Å². The number of amides is 1. The van der Waals surface area contributed by atoms with Crippen molar-refractivity contribution in [1.82, 2.24) is 0 Å². The predicted molar refractivity (Wildman–Crippen MR) is 86.2 cm³/mol. The average molecular weight is 338 g/mol. The molecule has 0 saturated heterocycles. The third kappa shape index (κ3) is 4.26. The molecule has 0 aliphatic carbocycles. The molecule has 2 aromatic carbocycles. The van der Waals surface area contributed by atoms with E-state index in [-0.39, 0.29) is 6.61 Å². The number of aliphatic hydroxyl groups excluding tert-OH is 1. The Morgan fingerprint density at radius 3 is 2.33 bits per heavy atom. The van der Waals surface area contributed by atoms with E-state index in [2.05, 4.69) is 5.32 Å². The minimum Gasteiger partial charge on any atom is -0.395 e. The largest absolute Gasteiger partial charge is 0.417 e. The van der Waals surface area contributed by atoms with Gasteiger partial charge in [-0.1, -0.05) is 12.1 Å². The molecular weight excluding hydrogens is 321 g/mol. The number of alkyl halides is 3. The minimum absolute atomic E-state index is 0.00319. The highest BCUT2D eigenvalue weighted by molar-refractivity contribution is 6.05. The van der Waals surface area contributed by atoms with Crippen molar-refractivity contribution in [3.05, 3.63) is 59.7 Å². The van der Waals surface area contributed by atoms with Crippen LogP contribution in [0, 0.1) is 0 Å². The van der Waals surface area contributed by atoms with Gasteiger partial charge in [0.2, 0.25) is 0 Å². The minimum atomic E-state index is -4.59. The van der Waals surface area contributed by atoms with Gasteiger partial charge >= 0.3 is 6.18 Å². The normalized spacial score (nSPS) is 11.2. The molecule has 128 valence electrons. The first-order valence-corrected chi connectivity index (χ1v) is 7.22. The van der Waals surface area contributed by atoms with Crippen LogP contribution in [-0.4, -0.2) is 31.2 Å². The molecule has 0 atom stereocenters. The van der Waals surface area contributed by atoms with Gasteiger partial charge in [-0.2, -0.15) is 13.2 Å². The van der Waals surface area contributed by atoms with Gasteiger partial charge in [0.05, 0.1) is 17.7 Å². The lowest BCUT2D eigenvalue weighted by molar-refractivity contribution is -0.137. The zero-order valence-corrected chi connectivity index (χ0v) is 13.0. The van der Waals surface area contributed by atoms with Crippen molar-refractivity contribution < 1.29 is 23.1 Å². The van der Waals surface area contributed by atoms with Crippen LogP contribution in [-0.2, 0) is 6.18 Å². The molecule has 2 aromatic rings. The summed E-state index contributed by atoms with van der Waals surface area (Å²) in [6.07, 6.45) is -4.59. The zero-order chi connectivity index (χ0) is 17.7. The van der Waals surface area contributed by atoms with Crippen LogP contribution in [0.2, 0.25) is 0 Å². The number of hydrogen-bond donors (Lipinski definition) is 2. The monoisotopic (exact) mass is 338 g/mol. The molecule has 0 aromatic heterocycles. The van der Waals surface area contributed by atoms with Crippen molar-refractivity contribution in [1.29, 1.82) is 0 Å². The van der Waals surface area contributed by atoms with E-state index in [1.54, 1.807) is 31.3 Å². The molecule has 0 spiro atoms. The van der Waals surface area contributed by atoms with E-state index in [9.17, 15) is 18.0 Å². The highest BCUT2D eigenvalue weighted by Crippen LogP contribution is 2.32. The number of nitrogens with zero attached hydrogens (tertiary/aromatic N) is 1. The predicted octanol–water partition coefficient (Wildman–Crippen LogP) is 3.39. The SMILES string of the molecule is CN(CCO)c1ccc(NC(=O)c2ccccc2C(F)(F)F)cc1. The van der Waals surface area contributed by atoms with Crippen molar-refractivity contribution in [2.24, 2.45) is 0 Å². The van der Waals surface area contributed by atoms with E-state index >= 15 is 0 Å². The van der Waals surface area contributed by atoms with Gasteiger partial charge in [-0.3, -0.25) is 4.79 Å². The van der Waals surface area contributed by atoms with Crippen LogP contribution in [0.15, 0.2) is 48.5 Å². The molecule has 0 bridgehead atoms. The Morgan fingerprint density at radius 1 is 1.12 bits per heavy atom. The number of likely N-dealkylation sites (N-methyl/N-ethyl adjacent to an activating group) is 1. The molecule has 0 saturated carbocycles. The van der Waals surface area contributed by atoms with Crippen molar-refractivity contribution in [2.75, 3.05) is 30.4 Å². The molecule has 0 fully saturated rings. The lowest BCUT2D eigenvalue weighted by atomic mass is 10.1. The summed E-state index contributed by atoms with van der Waals surface area (Å²) in [6, 6.07) is 11.3. The molecule has 7 heteroatoms. The van der Waals surface area contributed by atoms with Gasteiger partial charge in [0, 0.05) is 25.0 Å². The first kappa shape index (κ1) is 17.8. The van der Waals surface area contributed by atoms with Gasteiger partial charge in [-0.05, 0) is 36.4 Å². The Kier molecular flexibility index (Phi) is 5.46. The van der Waals surface area contributed by atoms with Crippen LogP contribution in [0.25, 0.3) is 0 Å². The molecule has 4 nitrogen and oxygen atoms in total. The van der Waals surface area contributed by atoms with Gasteiger partial charge < -0.3 is 15.3 Å². The van der Waals surface area contributed by atoms with Gasteiger partial charge in [0.25, 0.3) is 5.91 Å². The van der Waals surface area contributed by atoms with Crippen molar-refractivity contribution in [3.8, 4) is 0 Å². The zero-order valence-electron chi connectivity index (χ0n) is 13.0. The van der Waals surface area contributed by atoms with Crippen molar-refractivity contribution in [2.45, 2.75) is 6.18 Å². The molecule has 0 heterocycles. The summed E-state index contributed by atoms with van der Waals surface area (Å²) in [6.45, 7) is 0.452. The van der Waals surface area contributed by atoms with E-state index in [4.69, 9.17) is 5.11 Å². The first-order chi connectivity index (χ1) is 11.3. The second-order valence-corrected chi connectivity index (χ2v) is 5.19. The molecule has 0 unspecified atom stereocenters. The number of benzene rings is 2.